The van der Waals surface area contributed by atoms with Crippen LogP contribution in [0, 0.1) is 5.82 Å². The molecular formula is C22H18Cl2FN5. The molecule has 30 heavy (non-hydrogen) atoms. The molecule has 8 heteroatoms. The van der Waals surface area contributed by atoms with Crippen LogP contribution in [0.4, 0.5) is 4.39 Å². The minimum absolute atomic E-state index is 0.131. The lowest BCUT2D eigenvalue weighted by Gasteiger charge is -2.23. The van der Waals surface area contributed by atoms with Crippen molar-refractivity contribution in [3.63, 3.8) is 0 Å². The average molecular weight is 442 g/mol. The zero-order valence-electron chi connectivity index (χ0n) is 16.0. The standard InChI is InChI=1S/C22H18Cl2FN5/c23-18-5-2-6-19(24)17(18)13-20-27-22(14-7-9-29-10-8-26-21(29)11-14)30(28-20)16-4-1-3-15(25)12-16/h1-6,8,10,12,14H,7,9,11,13H2. The van der Waals surface area contributed by atoms with Crippen LogP contribution >= 0.6 is 23.2 Å². The van der Waals surface area contributed by atoms with E-state index in [4.69, 9.17) is 33.3 Å². The smallest absolute Gasteiger partial charge is 0.155 e. The molecule has 0 amide bonds. The number of nitrogens with zero attached hydrogens (tertiary/aromatic N) is 5. The summed E-state index contributed by atoms with van der Waals surface area (Å²) in [6.07, 6.45) is 5.87. The van der Waals surface area contributed by atoms with Crippen molar-refractivity contribution in [1.29, 1.82) is 0 Å². The minimum Gasteiger partial charge on any atom is -0.335 e. The molecule has 152 valence electrons. The molecule has 1 aliphatic rings. The fourth-order valence-electron chi connectivity index (χ4n) is 3.94. The highest BCUT2D eigenvalue weighted by Crippen LogP contribution is 2.31. The van der Waals surface area contributed by atoms with Crippen molar-refractivity contribution in [3.8, 4) is 5.69 Å². The van der Waals surface area contributed by atoms with Gasteiger partial charge in [-0.3, -0.25) is 0 Å². The van der Waals surface area contributed by atoms with Crippen LogP contribution in [-0.4, -0.2) is 24.3 Å². The van der Waals surface area contributed by atoms with Crippen molar-refractivity contribution in [2.75, 3.05) is 0 Å². The van der Waals surface area contributed by atoms with Crippen LogP contribution in [-0.2, 0) is 19.4 Å². The summed E-state index contributed by atoms with van der Waals surface area (Å²) in [6.45, 7) is 0.863. The summed E-state index contributed by atoms with van der Waals surface area (Å²) in [5.41, 5.74) is 1.42. The Kier molecular flexibility index (Phi) is 5.05. The molecule has 5 rings (SSSR count). The Balaban J connectivity index is 1.56. The van der Waals surface area contributed by atoms with Gasteiger partial charge in [-0.15, -0.1) is 0 Å². The fraction of sp³-hybridized carbons (Fsp3) is 0.227. The zero-order valence-corrected chi connectivity index (χ0v) is 17.5. The van der Waals surface area contributed by atoms with Gasteiger partial charge in [0.2, 0.25) is 0 Å². The molecule has 4 aromatic rings. The first-order valence-corrected chi connectivity index (χ1v) is 10.5. The second-order valence-electron chi connectivity index (χ2n) is 7.38. The quantitative estimate of drug-likeness (QED) is 0.435. The highest BCUT2D eigenvalue weighted by Gasteiger charge is 2.27. The van der Waals surface area contributed by atoms with Gasteiger partial charge in [0.05, 0.1) is 5.69 Å². The van der Waals surface area contributed by atoms with Crippen molar-refractivity contribution >= 4 is 23.2 Å². The Labute approximate surface area is 183 Å². The molecule has 5 nitrogen and oxygen atoms in total. The number of aromatic nitrogens is 5. The highest BCUT2D eigenvalue weighted by molar-refractivity contribution is 6.36. The van der Waals surface area contributed by atoms with Crippen LogP contribution in [0.2, 0.25) is 10.0 Å². The van der Waals surface area contributed by atoms with E-state index in [0.29, 0.717) is 28.0 Å². The normalized spacial score (nSPS) is 15.9. The summed E-state index contributed by atoms with van der Waals surface area (Å²) in [5, 5.41) is 5.86. The van der Waals surface area contributed by atoms with Gasteiger partial charge >= 0.3 is 0 Å². The number of hydrogen-bond donors (Lipinski definition) is 0. The lowest BCUT2D eigenvalue weighted by atomic mass is 9.97. The molecule has 0 radical (unpaired) electrons. The summed E-state index contributed by atoms with van der Waals surface area (Å²) in [7, 11) is 0. The number of aryl methyl sites for hydroxylation is 1. The molecule has 0 aliphatic carbocycles. The first kappa shape index (κ1) is 19.3. The Bertz CT molecular complexity index is 1200. The van der Waals surface area contributed by atoms with Crippen LogP contribution in [0.3, 0.4) is 0 Å². The molecule has 0 N–H and O–H groups in total. The van der Waals surface area contributed by atoms with Gasteiger partial charge in [0.15, 0.2) is 5.82 Å². The second-order valence-corrected chi connectivity index (χ2v) is 8.20. The molecular weight excluding hydrogens is 424 g/mol. The predicted octanol–water partition coefficient (Wildman–Crippen LogP) is 5.23. The lowest BCUT2D eigenvalue weighted by molar-refractivity contribution is 0.444. The number of benzene rings is 2. The maximum atomic E-state index is 13.9. The van der Waals surface area contributed by atoms with Gasteiger partial charge in [-0.1, -0.05) is 35.3 Å². The number of fused-ring (bicyclic) bond motifs is 1. The molecule has 1 atom stereocenters. The summed E-state index contributed by atoms with van der Waals surface area (Å²) >= 11 is 12.7. The molecule has 2 aromatic heterocycles. The molecule has 0 bridgehead atoms. The third-order valence-electron chi connectivity index (χ3n) is 5.44. The van der Waals surface area contributed by atoms with Crippen LogP contribution in [0.15, 0.2) is 54.9 Å². The number of rotatable bonds is 4. The van der Waals surface area contributed by atoms with E-state index in [1.54, 1.807) is 22.9 Å². The molecule has 1 aliphatic heterocycles. The summed E-state index contributed by atoms with van der Waals surface area (Å²) < 4.78 is 17.8. The first-order valence-electron chi connectivity index (χ1n) is 9.73. The van der Waals surface area contributed by atoms with E-state index in [0.717, 1.165) is 36.6 Å². The Morgan fingerprint density at radius 2 is 1.90 bits per heavy atom. The van der Waals surface area contributed by atoms with E-state index in [1.807, 2.05) is 24.5 Å². The SMILES string of the molecule is Fc1cccc(-n2nc(Cc3c(Cl)cccc3Cl)nc2C2CCn3ccnc3C2)c1. The lowest BCUT2D eigenvalue weighted by Crippen LogP contribution is -2.21. The highest BCUT2D eigenvalue weighted by atomic mass is 35.5. The summed E-state index contributed by atoms with van der Waals surface area (Å²) in [6, 6.07) is 11.8. The van der Waals surface area contributed by atoms with Crippen LogP contribution in [0.25, 0.3) is 5.69 Å². The minimum atomic E-state index is -0.316. The number of imidazole rings is 1. The summed E-state index contributed by atoms with van der Waals surface area (Å²) in [5.74, 6) is 2.23. The van der Waals surface area contributed by atoms with Gasteiger partial charge in [0, 0.05) is 47.7 Å². The number of hydrogen-bond acceptors (Lipinski definition) is 3. The number of halogens is 3. The maximum Gasteiger partial charge on any atom is 0.155 e. The van der Waals surface area contributed by atoms with E-state index in [-0.39, 0.29) is 11.7 Å². The van der Waals surface area contributed by atoms with Crippen LogP contribution < -0.4 is 0 Å². The molecule has 0 saturated carbocycles. The first-order chi connectivity index (χ1) is 14.6. The third-order valence-corrected chi connectivity index (χ3v) is 6.15. The van der Waals surface area contributed by atoms with Crippen LogP contribution in [0.1, 0.15) is 35.4 Å². The molecule has 2 aromatic carbocycles. The maximum absolute atomic E-state index is 13.9. The molecule has 0 spiro atoms. The van der Waals surface area contributed by atoms with Gasteiger partial charge in [0.1, 0.15) is 17.5 Å². The molecule has 3 heterocycles. The second kappa shape index (κ2) is 7.85. The van der Waals surface area contributed by atoms with Gasteiger partial charge < -0.3 is 4.57 Å². The van der Waals surface area contributed by atoms with E-state index in [2.05, 4.69) is 9.55 Å². The van der Waals surface area contributed by atoms with Crippen molar-refractivity contribution in [2.24, 2.45) is 0 Å². The van der Waals surface area contributed by atoms with Crippen molar-refractivity contribution in [2.45, 2.75) is 31.7 Å². The Hall–Kier alpha value is -2.70. The van der Waals surface area contributed by atoms with Gasteiger partial charge in [-0.2, -0.15) is 5.10 Å². The monoisotopic (exact) mass is 441 g/mol. The van der Waals surface area contributed by atoms with Crippen LogP contribution in [0.5, 0.6) is 0 Å². The topological polar surface area (TPSA) is 48.5 Å². The van der Waals surface area contributed by atoms with Gasteiger partial charge in [0.25, 0.3) is 0 Å². The van der Waals surface area contributed by atoms with Crippen molar-refractivity contribution < 1.29 is 4.39 Å². The van der Waals surface area contributed by atoms with E-state index >= 15 is 0 Å². The van der Waals surface area contributed by atoms with E-state index in [1.165, 1.54) is 12.1 Å². The van der Waals surface area contributed by atoms with Crippen molar-refractivity contribution in [1.82, 2.24) is 24.3 Å². The van der Waals surface area contributed by atoms with Crippen molar-refractivity contribution in [3.05, 3.63) is 93.8 Å². The largest absolute Gasteiger partial charge is 0.335 e. The average Bonchev–Trinajstić information content (AvgIpc) is 3.37. The predicted molar refractivity (Wildman–Crippen MR) is 114 cm³/mol. The Morgan fingerprint density at radius 1 is 1.10 bits per heavy atom. The molecule has 0 fully saturated rings. The zero-order chi connectivity index (χ0) is 20.7. The van der Waals surface area contributed by atoms with E-state index in [9.17, 15) is 4.39 Å². The van der Waals surface area contributed by atoms with Gasteiger partial charge in [-0.05, 0) is 42.3 Å². The summed E-state index contributed by atoms with van der Waals surface area (Å²) in [4.78, 5) is 9.31. The Morgan fingerprint density at radius 3 is 2.70 bits per heavy atom. The molecule has 1 unspecified atom stereocenters. The third kappa shape index (κ3) is 3.61. The van der Waals surface area contributed by atoms with E-state index < -0.39 is 0 Å². The molecule has 0 saturated heterocycles. The van der Waals surface area contributed by atoms with Gasteiger partial charge in [-0.25, -0.2) is 19.0 Å². The fourth-order valence-corrected chi connectivity index (χ4v) is 4.47.